The van der Waals surface area contributed by atoms with Crippen LogP contribution in [0.15, 0.2) is 0 Å². The van der Waals surface area contributed by atoms with Crippen molar-refractivity contribution in [3.8, 4) is 0 Å². The van der Waals surface area contributed by atoms with Gasteiger partial charge in [0.1, 0.15) is 0 Å². The second-order valence-electron chi connectivity index (χ2n) is 4.80. The standard InChI is InChI=1S/C11H25N.CH4/c1-8(2)7-11(9(3)4)12-10(5)6;/h8-12H,7H2,1-6H3;1H4. The van der Waals surface area contributed by atoms with Gasteiger partial charge in [0.05, 0.1) is 0 Å². The first-order valence-corrected chi connectivity index (χ1v) is 5.19. The van der Waals surface area contributed by atoms with Crippen LogP contribution in [0.25, 0.3) is 0 Å². The summed E-state index contributed by atoms with van der Waals surface area (Å²) in [5, 5.41) is 3.61. The Balaban J connectivity index is 0. The molecular weight excluding hydrogens is 158 g/mol. The van der Waals surface area contributed by atoms with Crippen LogP contribution >= 0.6 is 0 Å². The molecule has 0 heterocycles. The zero-order chi connectivity index (χ0) is 9.72. The predicted molar refractivity (Wildman–Crippen MR) is 63.1 cm³/mol. The van der Waals surface area contributed by atoms with Gasteiger partial charge in [0.25, 0.3) is 0 Å². The fraction of sp³-hybridized carbons (Fsp3) is 1.00. The molecule has 1 heteroatoms. The van der Waals surface area contributed by atoms with Crippen molar-refractivity contribution in [3.05, 3.63) is 0 Å². The summed E-state index contributed by atoms with van der Waals surface area (Å²) in [6.07, 6.45) is 1.29. The van der Waals surface area contributed by atoms with Crippen molar-refractivity contribution < 1.29 is 0 Å². The first-order valence-electron chi connectivity index (χ1n) is 5.19. The maximum atomic E-state index is 3.61. The molecule has 0 bridgehead atoms. The molecule has 0 aliphatic heterocycles. The summed E-state index contributed by atoms with van der Waals surface area (Å²) in [5.41, 5.74) is 0. The lowest BCUT2D eigenvalue weighted by molar-refractivity contribution is 0.319. The van der Waals surface area contributed by atoms with Gasteiger partial charge >= 0.3 is 0 Å². The Morgan fingerprint density at radius 2 is 1.38 bits per heavy atom. The Hall–Kier alpha value is -0.0400. The summed E-state index contributed by atoms with van der Waals surface area (Å²) in [6.45, 7) is 13.6. The lowest BCUT2D eigenvalue weighted by Crippen LogP contribution is -2.39. The van der Waals surface area contributed by atoms with Crippen molar-refractivity contribution in [3.63, 3.8) is 0 Å². The van der Waals surface area contributed by atoms with Gasteiger partial charge in [0.15, 0.2) is 0 Å². The molecule has 13 heavy (non-hydrogen) atoms. The van der Waals surface area contributed by atoms with Crippen LogP contribution in [0.3, 0.4) is 0 Å². The fourth-order valence-corrected chi connectivity index (χ4v) is 1.47. The molecule has 0 amide bonds. The average Bonchev–Trinajstić information content (AvgIpc) is 1.83. The van der Waals surface area contributed by atoms with Gasteiger partial charge in [0.2, 0.25) is 0 Å². The molecule has 82 valence electrons. The zero-order valence-corrected chi connectivity index (χ0v) is 9.52. The third-order valence-corrected chi connectivity index (χ3v) is 2.08. The van der Waals surface area contributed by atoms with Gasteiger partial charge in [-0.2, -0.15) is 0 Å². The maximum Gasteiger partial charge on any atom is 0.00948 e. The number of hydrogen-bond donors (Lipinski definition) is 1. The van der Waals surface area contributed by atoms with E-state index in [1.54, 1.807) is 0 Å². The summed E-state index contributed by atoms with van der Waals surface area (Å²) in [5.74, 6) is 1.54. The normalized spacial score (nSPS) is 13.6. The number of rotatable bonds is 5. The van der Waals surface area contributed by atoms with Crippen molar-refractivity contribution in [1.29, 1.82) is 0 Å². The topological polar surface area (TPSA) is 12.0 Å². The summed E-state index contributed by atoms with van der Waals surface area (Å²) in [7, 11) is 0. The van der Waals surface area contributed by atoms with Gasteiger partial charge in [0, 0.05) is 12.1 Å². The minimum Gasteiger partial charge on any atom is -0.312 e. The Labute approximate surface area is 85.3 Å². The third-order valence-electron chi connectivity index (χ3n) is 2.08. The lowest BCUT2D eigenvalue weighted by atomic mass is 9.94. The highest BCUT2D eigenvalue weighted by Gasteiger charge is 2.14. The van der Waals surface area contributed by atoms with Crippen LogP contribution in [0.5, 0.6) is 0 Å². The third kappa shape index (κ3) is 8.29. The molecule has 0 aliphatic rings. The Bertz CT molecular complexity index is 95.7. The second kappa shape index (κ2) is 7.37. The summed E-state index contributed by atoms with van der Waals surface area (Å²) in [6, 6.07) is 1.29. The van der Waals surface area contributed by atoms with Crippen LogP contribution in [0, 0.1) is 11.8 Å². The summed E-state index contributed by atoms with van der Waals surface area (Å²) < 4.78 is 0. The Morgan fingerprint density at radius 3 is 1.62 bits per heavy atom. The van der Waals surface area contributed by atoms with Crippen LogP contribution in [-0.4, -0.2) is 12.1 Å². The van der Waals surface area contributed by atoms with E-state index in [0.717, 1.165) is 11.8 Å². The van der Waals surface area contributed by atoms with E-state index in [4.69, 9.17) is 0 Å². The van der Waals surface area contributed by atoms with E-state index in [2.05, 4.69) is 46.9 Å². The van der Waals surface area contributed by atoms with Crippen LogP contribution in [0.1, 0.15) is 55.4 Å². The molecule has 0 rings (SSSR count). The highest BCUT2D eigenvalue weighted by molar-refractivity contribution is 4.73. The van der Waals surface area contributed by atoms with Gasteiger partial charge in [-0.3, -0.25) is 0 Å². The maximum absolute atomic E-state index is 3.61. The molecule has 1 nitrogen and oxygen atoms in total. The monoisotopic (exact) mass is 187 g/mol. The van der Waals surface area contributed by atoms with Crippen molar-refractivity contribution >= 4 is 0 Å². The molecule has 1 N–H and O–H groups in total. The molecule has 0 aromatic carbocycles. The molecule has 0 saturated carbocycles. The SMILES string of the molecule is C.CC(C)CC(NC(C)C)C(C)C. The number of nitrogens with one attached hydrogen (secondary N) is 1. The molecule has 0 radical (unpaired) electrons. The van der Waals surface area contributed by atoms with Crippen molar-refractivity contribution in [1.82, 2.24) is 5.32 Å². The molecule has 0 aromatic heterocycles. The van der Waals surface area contributed by atoms with Gasteiger partial charge in [-0.05, 0) is 18.3 Å². The first-order chi connectivity index (χ1) is 5.43. The quantitative estimate of drug-likeness (QED) is 0.692. The average molecular weight is 187 g/mol. The molecule has 1 unspecified atom stereocenters. The highest BCUT2D eigenvalue weighted by Crippen LogP contribution is 2.12. The van der Waals surface area contributed by atoms with Crippen LogP contribution in [0.2, 0.25) is 0 Å². The van der Waals surface area contributed by atoms with E-state index < -0.39 is 0 Å². The number of hydrogen-bond acceptors (Lipinski definition) is 1. The smallest absolute Gasteiger partial charge is 0.00948 e. The molecule has 0 aliphatic carbocycles. The van der Waals surface area contributed by atoms with E-state index in [9.17, 15) is 0 Å². The lowest BCUT2D eigenvalue weighted by Gasteiger charge is -2.26. The molecule has 1 atom stereocenters. The summed E-state index contributed by atoms with van der Waals surface area (Å²) in [4.78, 5) is 0. The van der Waals surface area contributed by atoms with E-state index in [0.29, 0.717) is 12.1 Å². The van der Waals surface area contributed by atoms with Gasteiger partial charge in [-0.15, -0.1) is 0 Å². The molecule has 0 spiro atoms. The minimum absolute atomic E-state index is 0. The molecule has 0 saturated heterocycles. The minimum atomic E-state index is 0. The van der Waals surface area contributed by atoms with Gasteiger partial charge in [-0.25, -0.2) is 0 Å². The molecule has 0 fully saturated rings. The van der Waals surface area contributed by atoms with Crippen molar-refractivity contribution in [2.24, 2.45) is 11.8 Å². The van der Waals surface area contributed by atoms with Gasteiger partial charge in [-0.1, -0.05) is 49.0 Å². The van der Waals surface area contributed by atoms with Crippen molar-refractivity contribution in [2.75, 3.05) is 0 Å². The highest BCUT2D eigenvalue weighted by atomic mass is 14.9. The summed E-state index contributed by atoms with van der Waals surface area (Å²) >= 11 is 0. The molecule has 0 aromatic rings. The van der Waals surface area contributed by atoms with Crippen LogP contribution < -0.4 is 5.32 Å². The fourth-order valence-electron chi connectivity index (χ4n) is 1.47. The Morgan fingerprint density at radius 1 is 0.923 bits per heavy atom. The van der Waals surface area contributed by atoms with Crippen molar-refractivity contribution in [2.45, 2.75) is 67.5 Å². The van der Waals surface area contributed by atoms with Crippen LogP contribution in [0.4, 0.5) is 0 Å². The van der Waals surface area contributed by atoms with E-state index in [1.807, 2.05) is 0 Å². The van der Waals surface area contributed by atoms with E-state index in [-0.39, 0.29) is 7.43 Å². The van der Waals surface area contributed by atoms with Crippen LogP contribution in [-0.2, 0) is 0 Å². The second-order valence-corrected chi connectivity index (χ2v) is 4.80. The molecular formula is C12H29N. The largest absolute Gasteiger partial charge is 0.312 e. The predicted octanol–water partition coefficient (Wildman–Crippen LogP) is 3.69. The first kappa shape index (κ1) is 15.4. The van der Waals surface area contributed by atoms with Gasteiger partial charge < -0.3 is 5.32 Å². The zero-order valence-electron chi connectivity index (χ0n) is 9.52. The Kier molecular flexibility index (Phi) is 8.75. The van der Waals surface area contributed by atoms with E-state index in [1.165, 1.54) is 6.42 Å². The van der Waals surface area contributed by atoms with E-state index >= 15 is 0 Å².